The van der Waals surface area contributed by atoms with Crippen molar-refractivity contribution in [1.82, 2.24) is 5.32 Å². The standard InChI is InChI=1S/C14H26F3NO4/c1-12(2,5-8-19)21-9-6-13(3,4)22-10-7-18-11(20)14(15,16)17/h19H,5-10H2,1-4H3,(H,18,20). The summed E-state index contributed by atoms with van der Waals surface area (Å²) >= 11 is 0. The van der Waals surface area contributed by atoms with E-state index in [0.29, 0.717) is 19.4 Å². The SMILES string of the molecule is CC(C)(CCO)OCCC(C)(C)OCCNC(=O)C(F)(F)F. The van der Waals surface area contributed by atoms with Crippen LogP contribution in [0, 0.1) is 0 Å². The molecule has 22 heavy (non-hydrogen) atoms. The summed E-state index contributed by atoms with van der Waals surface area (Å²) in [5.74, 6) is -1.97. The molecule has 0 aromatic carbocycles. The van der Waals surface area contributed by atoms with E-state index in [9.17, 15) is 18.0 Å². The van der Waals surface area contributed by atoms with E-state index in [2.05, 4.69) is 0 Å². The van der Waals surface area contributed by atoms with Crippen LogP contribution in [-0.4, -0.2) is 54.8 Å². The summed E-state index contributed by atoms with van der Waals surface area (Å²) in [6, 6.07) is 0. The van der Waals surface area contributed by atoms with Crippen molar-refractivity contribution in [3.63, 3.8) is 0 Å². The number of carbonyl (C=O) groups is 1. The summed E-state index contributed by atoms with van der Waals surface area (Å²) in [7, 11) is 0. The molecule has 132 valence electrons. The number of amides is 1. The molecule has 0 aliphatic rings. The third-order valence-electron chi connectivity index (χ3n) is 3.05. The molecule has 0 bridgehead atoms. The van der Waals surface area contributed by atoms with Gasteiger partial charge in [0.1, 0.15) is 0 Å². The van der Waals surface area contributed by atoms with E-state index >= 15 is 0 Å². The lowest BCUT2D eigenvalue weighted by atomic mass is 10.0. The number of carbonyl (C=O) groups excluding carboxylic acids is 1. The summed E-state index contributed by atoms with van der Waals surface area (Å²) in [4.78, 5) is 10.6. The van der Waals surface area contributed by atoms with Gasteiger partial charge in [0.05, 0.1) is 24.4 Å². The van der Waals surface area contributed by atoms with E-state index < -0.39 is 23.3 Å². The maximum absolute atomic E-state index is 12.0. The van der Waals surface area contributed by atoms with E-state index in [4.69, 9.17) is 14.6 Å². The molecule has 0 saturated carbocycles. The Balaban J connectivity index is 3.94. The molecule has 0 heterocycles. The minimum atomic E-state index is -4.87. The molecule has 0 aliphatic heterocycles. The number of alkyl halides is 3. The lowest BCUT2D eigenvalue weighted by Crippen LogP contribution is -2.40. The first-order valence-corrected chi connectivity index (χ1v) is 7.13. The molecule has 8 heteroatoms. The highest BCUT2D eigenvalue weighted by atomic mass is 19.4. The molecule has 0 fully saturated rings. The zero-order valence-electron chi connectivity index (χ0n) is 13.5. The van der Waals surface area contributed by atoms with E-state index in [-0.39, 0.29) is 19.8 Å². The van der Waals surface area contributed by atoms with Crippen molar-refractivity contribution in [3.8, 4) is 0 Å². The Morgan fingerprint density at radius 2 is 1.50 bits per heavy atom. The van der Waals surface area contributed by atoms with E-state index in [0.717, 1.165) is 0 Å². The Labute approximate surface area is 129 Å². The highest BCUT2D eigenvalue weighted by Crippen LogP contribution is 2.19. The van der Waals surface area contributed by atoms with Crippen LogP contribution in [0.5, 0.6) is 0 Å². The molecule has 0 radical (unpaired) electrons. The van der Waals surface area contributed by atoms with Crippen LogP contribution in [0.25, 0.3) is 0 Å². The molecular weight excluding hydrogens is 303 g/mol. The van der Waals surface area contributed by atoms with Crippen LogP contribution in [0.1, 0.15) is 40.5 Å². The number of nitrogens with one attached hydrogen (secondary N) is 1. The van der Waals surface area contributed by atoms with Crippen molar-refractivity contribution in [2.24, 2.45) is 0 Å². The van der Waals surface area contributed by atoms with Gasteiger partial charge in [0.25, 0.3) is 0 Å². The van der Waals surface area contributed by atoms with Gasteiger partial charge in [-0.3, -0.25) is 4.79 Å². The molecule has 0 aromatic rings. The molecular formula is C14H26F3NO4. The average Bonchev–Trinajstić information content (AvgIpc) is 2.32. The van der Waals surface area contributed by atoms with Crippen LogP contribution in [0.4, 0.5) is 13.2 Å². The van der Waals surface area contributed by atoms with E-state index in [1.165, 1.54) is 0 Å². The number of ether oxygens (including phenoxy) is 2. The first-order valence-electron chi connectivity index (χ1n) is 7.13. The Morgan fingerprint density at radius 1 is 1.00 bits per heavy atom. The number of aliphatic hydroxyl groups is 1. The van der Waals surface area contributed by atoms with Crippen molar-refractivity contribution in [1.29, 1.82) is 0 Å². The zero-order valence-corrected chi connectivity index (χ0v) is 13.5. The Morgan fingerprint density at radius 3 is 2.00 bits per heavy atom. The molecule has 0 atom stereocenters. The zero-order chi connectivity index (χ0) is 17.4. The van der Waals surface area contributed by atoms with Gasteiger partial charge in [-0.2, -0.15) is 13.2 Å². The number of hydrogen-bond donors (Lipinski definition) is 2. The number of aliphatic hydroxyl groups excluding tert-OH is 1. The van der Waals surface area contributed by atoms with Crippen molar-refractivity contribution in [2.45, 2.75) is 57.9 Å². The van der Waals surface area contributed by atoms with E-state index in [1.54, 1.807) is 19.2 Å². The van der Waals surface area contributed by atoms with Crippen LogP contribution >= 0.6 is 0 Å². The minimum Gasteiger partial charge on any atom is -0.396 e. The molecule has 0 unspecified atom stereocenters. The lowest BCUT2D eigenvalue weighted by Gasteiger charge is -2.29. The summed E-state index contributed by atoms with van der Waals surface area (Å²) in [5, 5.41) is 10.6. The molecule has 0 spiro atoms. The molecule has 0 aliphatic carbocycles. The minimum absolute atomic E-state index is 0.0190. The van der Waals surface area contributed by atoms with Gasteiger partial charge in [0.15, 0.2) is 0 Å². The fourth-order valence-electron chi connectivity index (χ4n) is 1.58. The van der Waals surface area contributed by atoms with Gasteiger partial charge in [0, 0.05) is 13.2 Å². The van der Waals surface area contributed by atoms with Crippen molar-refractivity contribution < 1.29 is 32.5 Å². The third kappa shape index (κ3) is 9.97. The molecule has 0 saturated heterocycles. The molecule has 1 amide bonds. The molecule has 0 aromatic heterocycles. The number of rotatable bonds is 10. The molecule has 5 nitrogen and oxygen atoms in total. The second-order valence-electron chi connectivity index (χ2n) is 6.19. The van der Waals surface area contributed by atoms with Crippen molar-refractivity contribution >= 4 is 5.91 Å². The predicted octanol–water partition coefficient (Wildman–Crippen LogP) is 2.03. The van der Waals surface area contributed by atoms with E-state index in [1.807, 2.05) is 13.8 Å². The first-order chi connectivity index (χ1) is 9.90. The maximum atomic E-state index is 12.0. The van der Waals surface area contributed by atoms with Crippen LogP contribution in [0.15, 0.2) is 0 Å². The van der Waals surface area contributed by atoms with Gasteiger partial charge >= 0.3 is 12.1 Å². The quantitative estimate of drug-likeness (QED) is 0.602. The highest BCUT2D eigenvalue weighted by Gasteiger charge is 2.38. The Kier molecular flexibility index (Phi) is 8.35. The van der Waals surface area contributed by atoms with Gasteiger partial charge in [-0.15, -0.1) is 0 Å². The van der Waals surface area contributed by atoms with Gasteiger partial charge in [-0.25, -0.2) is 0 Å². The number of halogens is 3. The fraction of sp³-hybridized carbons (Fsp3) is 0.929. The van der Waals surface area contributed by atoms with Crippen LogP contribution in [-0.2, 0) is 14.3 Å². The smallest absolute Gasteiger partial charge is 0.396 e. The van der Waals surface area contributed by atoms with Crippen LogP contribution in [0.2, 0.25) is 0 Å². The second-order valence-corrected chi connectivity index (χ2v) is 6.19. The predicted molar refractivity (Wildman–Crippen MR) is 75.4 cm³/mol. The first kappa shape index (κ1) is 21.1. The van der Waals surface area contributed by atoms with Crippen molar-refractivity contribution in [3.05, 3.63) is 0 Å². The number of hydrogen-bond acceptors (Lipinski definition) is 4. The Bertz CT molecular complexity index is 343. The maximum Gasteiger partial charge on any atom is 0.471 e. The lowest BCUT2D eigenvalue weighted by molar-refractivity contribution is -0.174. The van der Waals surface area contributed by atoms with Gasteiger partial charge in [0.2, 0.25) is 0 Å². The summed E-state index contributed by atoms with van der Waals surface area (Å²) in [5.41, 5.74) is -1.02. The molecule has 2 N–H and O–H groups in total. The highest BCUT2D eigenvalue weighted by molar-refractivity contribution is 5.81. The van der Waals surface area contributed by atoms with Gasteiger partial charge < -0.3 is 19.9 Å². The van der Waals surface area contributed by atoms with Crippen molar-refractivity contribution in [2.75, 3.05) is 26.4 Å². The Hall–Kier alpha value is -0.860. The normalized spacial score (nSPS) is 13.3. The monoisotopic (exact) mass is 329 g/mol. The summed E-state index contributed by atoms with van der Waals surface area (Å²) < 4.78 is 47.0. The topological polar surface area (TPSA) is 67.8 Å². The largest absolute Gasteiger partial charge is 0.471 e. The van der Waals surface area contributed by atoms with Gasteiger partial charge in [-0.1, -0.05) is 0 Å². The summed E-state index contributed by atoms with van der Waals surface area (Å²) in [6.45, 7) is 7.52. The van der Waals surface area contributed by atoms with Crippen LogP contribution < -0.4 is 5.32 Å². The molecule has 0 rings (SSSR count). The van der Waals surface area contributed by atoms with Crippen LogP contribution in [0.3, 0.4) is 0 Å². The second kappa shape index (κ2) is 8.69. The van der Waals surface area contributed by atoms with Gasteiger partial charge in [-0.05, 0) is 40.5 Å². The fourth-order valence-corrected chi connectivity index (χ4v) is 1.58. The average molecular weight is 329 g/mol. The summed E-state index contributed by atoms with van der Waals surface area (Å²) in [6.07, 6.45) is -3.82. The third-order valence-corrected chi connectivity index (χ3v) is 3.05.